The molecule has 0 spiro atoms. The van der Waals surface area contributed by atoms with Crippen molar-refractivity contribution in [2.45, 2.75) is 13.8 Å². The number of ether oxygens (including phenoxy) is 2. The smallest absolute Gasteiger partial charge is 0.340 e. The van der Waals surface area contributed by atoms with E-state index in [-0.39, 0.29) is 11.5 Å². The third-order valence-electron chi connectivity index (χ3n) is 4.47. The highest BCUT2D eigenvalue weighted by Gasteiger charge is 2.37. The molecule has 1 aliphatic rings. The van der Waals surface area contributed by atoms with Crippen molar-refractivity contribution in [3.8, 4) is 5.75 Å². The van der Waals surface area contributed by atoms with E-state index in [1.807, 2.05) is 31.2 Å². The monoisotopic (exact) mass is 363 g/mol. The SMILES string of the molecule is COC(=O)C1=C(C)N(c2ccc(OC)cc2)C(=O)C1=Cc1cccc(C)c1. The molecule has 2 aromatic rings. The quantitative estimate of drug-likeness (QED) is 0.611. The lowest BCUT2D eigenvalue weighted by Crippen LogP contribution is -2.24. The van der Waals surface area contributed by atoms with Crippen LogP contribution in [0.5, 0.6) is 5.75 Å². The Labute approximate surface area is 158 Å². The first kappa shape index (κ1) is 18.5. The number of amides is 1. The summed E-state index contributed by atoms with van der Waals surface area (Å²) in [4.78, 5) is 27.1. The van der Waals surface area contributed by atoms with E-state index in [9.17, 15) is 9.59 Å². The van der Waals surface area contributed by atoms with Gasteiger partial charge in [0.15, 0.2) is 0 Å². The van der Waals surface area contributed by atoms with Gasteiger partial charge in [-0.15, -0.1) is 0 Å². The molecule has 0 bridgehead atoms. The van der Waals surface area contributed by atoms with Crippen LogP contribution in [0, 0.1) is 6.92 Å². The average molecular weight is 363 g/mol. The Morgan fingerprint density at radius 2 is 1.74 bits per heavy atom. The molecule has 0 unspecified atom stereocenters. The minimum atomic E-state index is -0.532. The minimum Gasteiger partial charge on any atom is -0.497 e. The molecule has 2 aromatic carbocycles. The number of anilines is 1. The molecular formula is C22H21NO4. The van der Waals surface area contributed by atoms with Gasteiger partial charge in [-0.3, -0.25) is 9.69 Å². The van der Waals surface area contributed by atoms with Crippen molar-refractivity contribution >= 4 is 23.6 Å². The van der Waals surface area contributed by atoms with Gasteiger partial charge in [-0.1, -0.05) is 29.8 Å². The molecule has 27 heavy (non-hydrogen) atoms. The molecule has 0 aromatic heterocycles. The summed E-state index contributed by atoms with van der Waals surface area (Å²) >= 11 is 0. The average Bonchev–Trinajstić information content (AvgIpc) is 2.91. The normalized spacial score (nSPS) is 15.5. The van der Waals surface area contributed by atoms with Gasteiger partial charge in [0, 0.05) is 11.4 Å². The Hall–Kier alpha value is -3.34. The van der Waals surface area contributed by atoms with Crippen LogP contribution in [-0.2, 0) is 14.3 Å². The van der Waals surface area contributed by atoms with Crippen molar-refractivity contribution in [3.63, 3.8) is 0 Å². The fraction of sp³-hybridized carbons (Fsp3) is 0.182. The molecule has 0 saturated heterocycles. The third-order valence-corrected chi connectivity index (χ3v) is 4.47. The second-order valence-corrected chi connectivity index (χ2v) is 6.26. The van der Waals surface area contributed by atoms with E-state index in [0.717, 1.165) is 11.1 Å². The van der Waals surface area contributed by atoms with E-state index in [1.54, 1.807) is 44.4 Å². The molecule has 0 saturated carbocycles. The molecule has 3 rings (SSSR count). The first-order valence-electron chi connectivity index (χ1n) is 8.52. The Bertz CT molecular complexity index is 955. The van der Waals surface area contributed by atoms with Crippen molar-refractivity contribution in [2.24, 2.45) is 0 Å². The van der Waals surface area contributed by atoms with Crippen LogP contribution in [0.3, 0.4) is 0 Å². The lowest BCUT2D eigenvalue weighted by atomic mass is 10.0. The van der Waals surface area contributed by atoms with E-state index in [4.69, 9.17) is 9.47 Å². The Balaban J connectivity index is 2.11. The molecule has 0 radical (unpaired) electrons. The molecule has 0 fully saturated rings. The Kier molecular flexibility index (Phi) is 5.12. The summed E-state index contributed by atoms with van der Waals surface area (Å²) in [5.74, 6) is -0.105. The largest absolute Gasteiger partial charge is 0.497 e. The van der Waals surface area contributed by atoms with Crippen molar-refractivity contribution in [2.75, 3.05) is 19.1 Å². The van der Waals surface area contributed by atoms with Crippen LogP contribution in [0.2, 0.25) is 0 Å². The van der Waals surface area contributed by atoms with Crippen molar-refractivity contribution < 1.29 is 19.1 Å². The van der Waals surface area contributed by atoms with Crippen LogP contribution >= 0.6 is 0 Å². The van der Waals surface area contributed by atoms with Crippen molar-refractivity contribution in [1.82, 2.24) is 0 Å². The standard InChI is InChI=1S/C22H21NO4/c1-14-6-5-7-16(12-14)13-19-20(22(25)27-4)15(2)23(21(19)24)17-8-10-18(26-3)11-9-17/h5-13H,1-4H3. The second-order valence-electron chi connectivity index (χ2n) is 6.26. The molecule has 0 aliphatic carbocycles. The van der Waals surface area contributed by atoms with Crippen molar-refractivity contribution in [1.29, 1.82) is 0 Å². The number of nitrogens with zero attached hydrogens (tertiary/aromatic N) is 1. The highest BCUT2D eigenvalue weighted by Crippen LogP contribution is 2.36. The van der Waals surface area contributed by atoms with E-state index in [1.165, 1.54) is 12.0 Å². The van der Waals surface area contributed by atoms with Gasteiger partial charge in [-0.05, 0) is 49.8 Å². The molecular weight excluding hydrogens is 342 g/mol. The second kappa shape index (κ2) is 7.50. The van der Waals surface area contributed by atoms with Crippen LogP contribution in [-0.4, -0.2) is 26.1 Å². The third kappa shape index (κ3) is 3.49. The molecule has 1 heterocycles. The van der Waals surface area contributed by atoms with Gasteiger partial charge in [-0.2, -0.15) is 0 Å². The predicted octanol–water partition coefficient (Wildman–Crippen LogP) is 3.88. The minimum absolute atomic E-state index is 0.264. The van der Waals surface area contributed by atoms with Gasteiger partial charge in [0.2, 0.25) is 0 Å². The number of benzene rings is 2. The zero-order chi connectivity index (χ0) is 19.6. The van der Waals surface area contributed by atoms with E-state index in [2.05, 4.69) is 0 Å². The van der Waals surface area contributed by atoms with Crippen LogP contribution in [0.15, 0.2) is 65.4 Å². The van der Waals surface area contributed by atoms with E-state index in [0.29, 0.717) is 22.7 Å². The molecule has 5 heteroatoms. The zero-order valence-corrected chi connectivity index (χ0v) is 15.8. The Morgan fingerprint density at radius 3 is 2.33 bits per heavy atom. The summed E-state index contributed by atoms with van der Waals surface area (Å²) in [6.07, 6.45) is 1.73. The van der Waals surface area contributed by atoms with Gasteiger partial charge in [0.05, 0.1) is 25.4 Å². The molecule has 5 nitrogen and oxygen atoms in total. The predicted molar refractivity (Wildman–Crippen MR) is 104 cm³/mol. The van der Waals surface area contributed by atoms with Crippen LogP contribution in [0.4, 0.5) is 5.69 Å². The summed E-state index contributed by atoms with van der Waals surface area (Å²) in [5.41, 5.74) is 3.72. The van der Waals surface area contributed by atoms with Gasteiger partial charge >= 0.3 is 5.97 Å². The number of esters is 1. The molecule has 0 N–H and O–H groups in total. The van der Waals surface area contributed by atoms with Crippen molar-refractivity contribution in [3.05, 3.63) is 76.5 Å². The molecule has 1 amide bonds. The van der Waals surface area contributed by atoms with Gasteiger partial charge in [0.1, 0.15) is 5.75 Å². The van der Waals surface area contributed by atoms with Crippen LogP contribution in [0.1, 0.15) is 18.1 Å². The van der Waals surface area contributed by atoms with Gasteiger partial charge in [0.25, 0.3) is 5.91 Å². The maximum absolute atomic E-state index is 13.2. The summed E-state index contributed by atoms with van der Waals surface area (Å²) in [6.45, 7) is 3.72. The summed E-state index contributed by atoms with van der Waals surface area (Å²) < 4.78 is 10.1. The summed E-state index contributed by atoms with van der Waals surface area (Å²) in [7, 11) is 2.90. The molecule has 0 atom stereocenters. The summed E-state index contributed by atoms with van der Waals surface area (Å²) in [6, 6.07) is 14.9. The van der Waals surface area contributed by atoms with E-state index >= 15 is 0 Å². The highest BCUT2D eigenvalue weighted by molar-refractivity contribution is 6.23. The number of carbonyl (C=O) groups is 2. The number of hydrogen-bond donors (Lipinski definition) is 0. The van der Waals surface area contributed by atoms with Gasteiger partial charge in [-0.25, -0.2) is 4.79 Å². The fourth-order valence-corrected chi connectivity index (χ4v) is 3.15. The van der Waals surface area contributed by atoms with Crippen LogP contribution in [0.25, 0.3) is 6.08 Å². The van der Waals surface area contributed by atoms with Crippen LogP contribution < -0.4 is 9.64 Å². The highest BCUT2D eigenvalue weighted by atomic mass is 16.5. The lowest BCUT2D eigenvalue weighted by molar-refractivity contribution is -0.136. The first-order chi connectivity index (χ1) is 13.0. The number of carbonyl (C=O) groups excluding carboxylic acids is 2. The molecule has 1 aliphatic heterocycles. The number of aryl methyl sites for hydroxylation is 1. The van der Waals surface area contributed by atoms with Gasteiger partial charge < -0.3 is 9.47 Å². The number of rotatable bonds is 4. The number of hydrogen-bond acceptors (Lipinski definition) is 4. The zero-order valence-electron chi connectivity index (χ0n) is 15.8. The number of methoxy groups -OCH3 is 2. The lowest BCUT2D eigenvalue weighted by Gasteiger charge is -2.18. The van der Waals surface area contributed by atoms with E-state index < -0.39 is 5.97 Å². The fourth-order valence-electron chi connectivity index (χ4n) is 3.15. The maximum atomic E-state index is 13.2. The number of allylic oxidation sites excluding steroid dienone is 1. The maximum Gasteiger partial charge on any atom is 0.340 e. The molecule has 138 valence electrons. The Morgan fingerprint density at radius 1 is 1.04 bits per heavy atom. The summed E-state index contributed by atoms with van der Waals surface area (Å²) in [5, 5.41) is 0. The first-order valence-corrected chi connectivity index (χ1v) is 8.52. The topological polar surface area (TPSA) is 55.8 Å².